The van der Waals surface area contributed by atoms with Crippen molar-refractivity contribution in [3.05, 3.63) is 11.7 Å². The topological polar surface area (TPSA) is 74.2 Å². The summed E-state index contributed by atoms with van der Waals surface area (Å²) in [7, 11) is 0. The van der Waals surface area contributed by atoms with Gasteiger partial charge in [0.05, 0.1) is 6.04 Å². The van der Waals surface area contributed by atoms with E-state index in [1.807, 2.05) is 20.8 Å². The third-order valence-corrected chi connectivity index (χ3v) is 3.11. The molecule has 0 saturated heterocycles. The van der Waals surface area contributed by atoms with Gasteiger partial charge < -0.3 is 15.0 Å². The van der Waals surface area contributed by atoms with Crippen LogP contribution in [0.3, 0.4) is 0 Å². The van der Waals surface area contributed by atoms with E-state index >= 15 is 0 Å². The summed E-state index contributed by atoms with van der Waals surface area (Å²) >= 11 is 0. The van der Waals surface area contributed by atoms with Gasteiger partial charge in [0, 0.05) is 6.61 Å². The largest absolute Gasteiger partial charge is 0.370 e. The molecule has 2 atom stereocenters. The summed E-state index contributed by atoms with van der Waals surface area (Å²) in [6.45, 7) is 6.72. The van der Waals surface area contributed by atoms with Crippen LogP contribution in [-0.4, -0.2) is 16.7 Å². The van der Waals surface area contributed by atoms with Crippen molar-refractivity contribution in [3.8, 4) is 0 Å². The Kier molecular flexibility index (Phi) is 3.79. The lowest BCUT2D eigenvalue weighted by atomic mass is 10.1. The molecule has 1 aliphatic carbocycles. The Balaban J connectivity index is 2.10. The first-order valence-corrected chi connectivity index (χ1v) is 6.34. The molecule has 17 heavy (non-hydrogen) atoms. The van der Waals surface area contributed by atoms with E-state index in [9.17, 15) is 0 Å². The van der Waals surface area contributed by atoms with Crippen LogP contribution in [-0.2, 0) is 4.74 Å². The van der Waals surface area contributed by atoms with E-state index in [4.69, 9.17) is 15.0 Å². The zero-order valence-electron chi connectivity index (χ0n) is 10.7. The van der Waals surface area contributed by atoms with E-state index in [2.05, 4.69) is 10.1 Å². The quantitative estimate of drug-likeness (QED) is 0.823. The summed E-state index contributed by atoms with van der Waals surface area (Å²) in [6, 6.07) is -0.197. The number of aromatic nitrogens is 2. The lowest BCUT2D eigenvalue weighted by Crippen LogP contribution is -2.17. The van der Waals surface area contributed by atoms with E-state index in [-0.39, 0.29) is 18.1 Å². The molecular weight excluding hydrogens is 218 g/mol. The Morgan fingerprint density at radius 3 is 2.71 bits per heavy atom. The highest BCUT2D eigenvalue weighted by molar-refractivity contribution is 5.00. The molecule has 0 spiro atoms. The molecule has 5 heteroatoms. The summed E-state index contributed by atoms with van der Waals surface area (Å²) < 4.78 is 10.9. The number of ether oxygens (including phenoxy) is 1. The van der Waals surface area contributed by atoms with Crippen molar-refractivity contribution < 1.29 is 9.26 Å². The summed E-state index contributed by atoms with van der Waals surface area (Å²) in [4.78, 5) is 4.38. The number of hydrogen-bond donors (Lipinski definition) is 1. The number of nitrogens with zero attached hydrogens (tertiary/aromatic N) is 2. The van der Waals surface area contributed by atoms with E-state index in [1.54, 1.807) is 0 Å². The van der Waals surface area contributed by atoms with Gasteiger partial charge in [0.1, 0.15) is 6.10 Å². The van der Waals surface area contributed by atoms with Gasteiger partial charge in [-0.05, 0) is 31.6 Å². The van der Waals surface area contributed by atoms with Crippen LogP contribution < -0.4 is 5.73 Å². The highest BCUT2D eigenvalue weighted by Crippen LogP contribution is 2.42. The van der Waals surface area contributed by atoms with Gasteiger partial charge in [-0.2, -0.15) is 4.98 Å². The third-order valence-electron chi connectivity index (χ3n) is 3.11. The SMILES string of the molecule is CCOC(c1noc([C@H](N)C(C)C)n1)C1CC1. The van der Waals surface area contributed by atoms with Gasteiger partial charge in [0.15, 0.2) is 0 Å². The second-order valence-electron chi connectivity index (χ2n) is 4.97. The molecule has 1 aliphatic rings. The van der Waals surface area contributed by atoms with E-state index in [1.165, 1.54) is 12.8 Å². The normalized spacial score (nSPS) is 19.6. The number of rotatable bonds is 6. The monoisotopic (exact) mass is 239 g/mol. The smallest absolute Gasteiger partial charge is 0.243 e. The molecule has 0 bridgehead atoms. The molecule has 1 fully saturated rings. The fourth-order valence-corrected chi connectivity index (χ4v) is 1.78. The molecule has 0 radical (unpaired) electrons. The first kappa shape index (κ1) is 12.5. The number of nitrogens with two attached hydrogens (primary N) is 1. The van der Waals surface area contributed by atoms with Crippen LogP contribution in [0.15, 0.2) is 4.52 Å². The minimum absolute atomic E-state index is 0.0168. The molecule has 1 aromatic rings. The lowest BCUT2D eigenvalue weighted by molar-refractivity contribution is 0.0384. The Morgan fingerprint density at radius 1 is 1.47 bits per heavy atom. The van der Waals surface area contributed by atoms with Crippen LogP contribution in [0.1, 0.15) is 57.5 Å². The maximum absolute atomic E-state index is 5.98. The van der Waals surface area contributed by atoms with Gasteiger partial charge in [-0.15, -0.1) is 0 Å². The van der Waals surface area contributed by atoms with Gasteiger partial charge in [-0.3, -0.25) is 0 Å². The zero-order valence-corrected chi connectivity index (χ0v) is 10.7. The summed E-state index contributed by atoms with van der Waals surface area (Å²) in [5.41, 5.74) is 5.98. The minimum atomic E-state index is -0.197. The van der Waals surface area contributed by atoms with E-state index in [0.717, 1.165) is 0 Å². The average molecular weight is 239 g/mol. The Labute approximate surface area is 102 Å². The molecule has 0 aromatic carbocycles. The molecule has 1 saturated carbocycles. The molecular formula is C12H21N3O2. The first-order chi connectivity index (χ1) is 8.13. The van der Waals surface area contributed by atoms with E-state index < -0.39 is 0 Å². The van der Waals surface area contributed by atoms with Crippen LogP contribution >= 0.6 is 0 Å². The van der Waals surface area contributed by atoms with Gasteiger partial charge in [-0.1, -0.05) is 19.0 Å². The van der Waals surface area contributed by atoms with Crippen molar-refractivity contribution in [2.24, 2.45) is 17.6 Å². The summed E-state index contributed by atoms with van der Waals surface area (Å²) in [5, 5.41) is 4.01. The van der Waals surface area contributed by atoms with Gasteiger partial charge in [-0.25, -0.2) is 0 Å². The standard InChI is InChI=1S/C12H21N3O2/c1-4-16-10(8-5-6-8)11-14-12(17-15-11)9(13)7(2)3/h7-10H,4-6,13H2,1-3H3/t9-,10?/m1/s1. The second kappa shape index (κ2) is 5.14. The molecule has 1 heterocycles. The fourth-order valence-electron chi connectivity index (χ4n) is 1.78. The minimum Gasteiger partial charge on any atom is -0.370 e. The van der Waals surface area contributed by atoms with Crippen LogP contribution in [0.25, 0.3) is 0 Å². The van der Waals surface area contributed by atoms with Crippen LogP contribution in [0.4, 0.5) is 0 Å². The first-order valence-electron chi connectivity index (χ1n) is 6.34. The van der Waals surface area contributed by atoms with Gasteiger partial charge in [0.2, 0.25) is 11.7 Å². The van der Waals surface area contributed by atoms with Gasteiger partial charge in [0.25, 0.3) is 0 Å². The Morgan fingerprint density at radius 2 is 2.18 bits per heavy atom. The zero-order chi connectivity index (χ0) is 12.4. The Hall–Kier alpha value is -0.940. The molecule has 96 valence electrons. The van der Waals surface area contributed by atoms with E-state index in [0.29, 0.717) is 24.2 Å². The highest BCUT2D eigenvalue weighted by atomic mass is 16.5. The lowest BCUT2D eigenvalue weighted by Gasteiger charge is -2.12. The molecule has 1 unspecified atom stereocenters. The average Bonchev–Trinajstić information content (AvgIpc) is 3.02. The highest BCUT2D eigenvalue weighted by Gasteiger charge is 2.36. The number of hydrogen-bond acceptors (Lipinski definition) is 5. The molecule has 5 nitrogen and oxygen atoms in total. The molecule has 0 amide bonds. The Bertz CT molecular complexity index is 360. The summed E-state index contributed by atoms with van der Waals surface area (Å²) in [6.07, 6.45) is 2.35. The fraction of sp³-hybridized carbons (Fsp3) is 0.833. The predicted octanol–water partition coefficient (Wildman–Crippen LogP) is 2.21. The molecule has 0 aliphatic heterocycles. The molecule has 2 N–H and O–H groups in total. The predicted molar refractivity (Wildman–Crippen MR) is 63.2 cm³/mol. The van der Waals surface area contributed by atoms with Crippen molar-refractivity contribution in [1.82, 2.24) is 10.1 Å². The second-order valence-corrected chi connectivity index (χ2v) is 4.97. The van der Waals surface area contributed by atoms with Crippen LogP contribution in [0.2, 0.25) is 0 Å². The molecule has 1 aromatic heterocycles. The van der Waals surface area contributed by atoms with Crippen LogP contribution in [0.5, 0.6) is 0 Å². The van der Waals surface area contributed by atoms with Gasteiger partial charge >= 0.3 is 0 Å². The third kappa shape index (κ3) is 2.84. The summed E-state index contributed by atoms with van der Waals surface area (Å²) in [5.74, 6) is 2.01. The van der Waals surface area contributed by atoms with Crippen molar-refractivity contribution in [2.75, 3.05) is 6.61 Å². The van der Waals surface area contributed by atoms with Crippen molar-refractivity contribution in [3.63, 3.8) is 0 Å². The van der Waals surface area contributed by atoms with Crippen molar-refractivity contribution in [1.29, 1.82) is 0 Å². The van der Waals surface area contributed by atoms with Crippen LogP contribution in [0, 0.1) is 11.8 Å². The van der Waals surface area contributed by atoms with Crippen molar-refractivity contribution >= 4 is 0 Å². The molecule has 2 rings (SSSR count). The maximum Gasteiger partial charge on any atom is 0.243 e. The maximum atomic E-state index is 5.98. The van der Waals surface area contributed by atoms with Crippen molar-refractivity contribution in [2.45, 2.75) is 45.8 Å².